The number of halogens is 2. The fraction of sp³-hybridized carbons (Fsp3) is 0.154. The summed E-state index contributed by atoms with van der Waals surface area (Å²) in [5, 5.41) is 9.87. The summed E-state index contributed by atoms with van der Waals surface area (Å²) in [6, 6.07) is 13.0. The fourth-order valence-electron chi connectivity index (χ4n) is 3.89. The van der Waals surface area contributed by atoms with Crippen LogP contribution in [0.25, 0.3) is 10.9 Å². The van der Waals surface area contributed by atoms with Crippen LogP contribution in [-0.2, 0) is 4.74 Å². The number of aromatic nitrogens is 2. The first-order valence-electron chi connectivity index (χ1n) is 11.2. The first kappa shape index (κ1) is 24.3. The topological polar surface area (TPSA) is 114 Å². The summed E-state index contributed by atoms with van der Waals surface area (Å²) < 4.78 is 25.4. The maximum Gasteiger partial charge on any atom is 0.412 e. The van der Waals surface area contributed by atoms with E-state index in [-0.39, 0.29) is 44.5 Å². The molecule has 0 unspecified atom stereocenters. The van der Waals surface area contributed by atoms with Crippen molar-refractivity contribution in [3.05, 3.63) is 76.6 Å². The lowest BCUT2D eigenvalue weighted by Gasteiger charge is -2.21. The number of hydrogen-bond donors (Lipinski definition) is 2. The van der Waals surface area contributed by atoms with Gasteiger partial charge in [-0.15, -0.1) is 0 Å². The standard InChI is InChI=1S/C26H20ClFN4O5/c1-26(2,3)37-25(35)29-18-11-10-17-20(21(18)36-19-12-13(28)8-9-16(19)27)22(31-30-17)32-23(33)14-6-4-5-7-15(14)24(32)34/h4-12H,1-3H3,(H,29,35)(H,30,31). The molecule has 37 heavy (non-hydrogen) atoms. The molecule has 1 aliphatic heterocycles. The third-order valence-corrected chi connectivity index (χ3v) is 5.72. The Morgan fingerprint density at radius 2 is 1.73 bits per heavy atom. The minimum absolute atomic E-state index is 0.0313. The highest BCUT2D eigenvalue weighted by Gasteiger charge is 2.39. The molecule has 0 aliphatic carbocycles. The molecule has 3 aromatic carbocycles. The molecule has 0 bridgehead atoms. The van der Waals surface area contributed by atoms with Gasteiger partial charge in [0.15, 0.2) is 11.6 Å². The molecule has 2 N–H and O–H groups in total. The zero-order valence-electron chi connectivity index (χ0n) is 19.9. The highest BCUT2D eigenvalue weighted by Crippen LogP contribution is 2.44. The van der Waals surface area contributed by atoms with Crippen LogP contribution in [0.15, 0.2) is 54.6 Å². The predicted octanol–water partition coefficient (Wildman–Crippen LogP) is 6.30. The second-order valence-corrected chi connectivity index (χ2v) is 9.61. The molecule has 1 aromatic heterocycles. The molecule has 0 spiro atoms. The molecule has 2 heterocycles. The number of nitrogens with one attached hydrogen (secondary N) is 2. The number of amides is 3. The Kier molecular flexibility index (Phi) is 5.83. The number of fused-ring (bicyclic) bond motifs is 2. The van der Waals surface area contributed by atoms with E-state index in [1.165, 1.54) is 12.1 Å². The Morgan fingerprint density at radius 3 is 2.38 bits per heavy atom. The van der Waals surface area contributed by atoms with Crippen LogP contribution >= 0.6 is 11.6 Å². The van der Waals surface area contributed by atoms with Gasteiger partial charge in [0.2, 0.25) is 0 Å². The first-order valence-corrected chi connectivity index (χ1v) is 11.5. The lowest BCUT2D eigenvalue weighted by Crippen LogP contribution is -2.30. The SMILES string of the molecule is CC(C)(C)OC(=O)Nc1ccc2[nH]nc(N3C(=O)c4ccccc4C3=O)c2c1Oc1cc(F)ccc1Cl. The number of aromatic amines is 1. The second kappa shape index (κ2) is 8.90. The molecule has 188 valence electrons. The smallest absolute Gasteiger partial charge is 0.412 e. The average molecular weight is 523 g/mol. The van der Waals surface area contributed by atoms with Gasteiger partial charge in [0.25, 0.3) is 11.8 Å². The molecule has 0 atom stereocenters. The van der Waals surface area contributed by atoms with E-state index in [1.807, 2.05) is 0 Å². The largest absolute Gasteiger partial charge is 0.453 e. The summed E-state index contributed by atoms with van der Waals surface area (Å²) in [6.07, 6.45) is -0.784. The molecular formula is C26H20ClFN4O5. The van der Waals surface area contributed by atoms with Gasteiger partial charge in [-0.05, 0) is 57.2 Å². The third-order valence-electron chi connectivity index (χ3n) is 5.41. The lowest BCUT2D eigenvalue weighted by molar-refractivity contribution is 0.0635. The number of carbonyl (C=O) groups is 3. The summed E-state index contributed by atoms with van der Waals surface area (Å²) in [4.78, 5) is 39.9. The van der Waals surface area contributed by atoms with E-state index in [9.17, 15) is 18.8 Å². The fourth-order valence-corrected chi connectivity index (χ4v) is 4.05. The van der Waals surface area contributed by atoms with Gasteiger partial charge < -0.3 is 9.47 Å². The number of H-pyrrole nitrogens is 1. The second-order valence-electron chi connectivity index (χ2n) is 9.21. The molecule has 9 nitrogen and oxygen atoms in total. The van der Waals surface area contributed by atoms with Crippen molar-refractivity contribution in [2.75, 3.05) is 10.2 Å². The number of anilines is 2. The van der Waals surface area contributed by atoms with Crippen LogP contribution in [0.1, 0.15) is 41.5 Å². The highest BCUT2D eigenvalue weighted by atomic mass is 35.5. The summed E-state index contributed by atoms with van der Waals surface area (Å²) in [5.41, 5.74) is 0.150. The number of carbonyl (C=O) groups excluding carboxylic acids is 3. The van der Waals surface area contributed by atoms with Gasteiger partial charge in [0, 0.05) is 6.07 Å². The Balaban J connectivity index is 1.68. The van der Waals surface area contributed by atoms with E-state index in [4.69, 9.17) is 21.1 Å². The minimum Gasteiger partial charge on any atom is -0.453 e. The molecular weight excluding hydrogens is 503 g/mol. The summed E-state index contributed by atoms with van der Waals surface area (Å²) >= 11 is 6.24. The van der Waals surface area contributed by atoms with Gasteiger partial charge in [-0.25, -0.2) is 14.1 Å². The van der Waals surface area contributed by atoms with Crippen molar-refractivity contribution in [2.24, 2.45) is 0 Å². The maximum atomic E-state index is 14.0. The monoisotopic (exact) mass is 522 g/mol. The van der Waals surface area contributed by atoms with E-state index in [0.29, 0.717) is 5.52 Å². The minimum atomic E-state index is -0.790. The van der Waals surface area contributed by atoms with Crippen LogP contribution < -0.4 is 15.0 Å². The molecule has 0 saturated carbocycles. The number of benzene rings is 3. The summed E-state index contributed by atoms with van der Waals surface area (Å²) in [5.74, 6) is -1.91. The number of imide groups is 1. The first-order chi connectivity index (χ1) is 17.5. The van der Waals surface area contributed by atoms with Gasteiger partial charge >= 0.3 is 6.09 Å². The summed E-state index contributed by atoms with van der Waals surface area (Å²) in [7, 11) is 0. The Hall–Kier alpha value is -4.44. The summed E-state index contributed by atoms with van der Waals surface area (Å²) in [6.45, 7) is 5.11. The van der Waals surface area contributed by atoms with Crippen LogP contribution in [0, 0.1) is 5.82 Å². The van der Waals surface area contributed by atoms with Gasteiger partial charge in [-0.2, -0.15) is 5.10 Å². The molecule has 3 amide bonds. The zero-order chi connectivity index (χ0) is 26.5. The zero-order valence-corrected chi connectivity index (χ0v) is 20.6. The van der Waals surface area contributed by atoms with Crippen molar-refractivity contribution in [1.82, 2.24) is 10.2 Å². The molecule has 0 saturated heterocycles. The number of nitrogens with zero attached hydrogens (tertiary/aromatic N) is 2. The molecule has 1 aliphatic rings. The van der Waals surface area contributed by atoms with Crippen molar-refractivity contribution >= 4 is 51.9 Å². The van der Waals surface area contributed by atoms with Crippen molar-refractivity contribution in [3.8, 4) is 11.5 Å². The Labute approximate surface area is 215 Å². The number of hydrogen-bond acceptors (Lipinski definition) is 6. The van der Waals surface area contributed by atoms with E-state index in [0.717, 1.165) is 17.0 Å². The van der Waals surface area contributed by atoms with Crippen molar-refractivity contribution in [1.29, 1.82) is 0 Å². The van der Waals surface area contributed by atoms with Gasteiger partial charge in [0.05, 0.1) is 32.7 Å². The number of rotatable bonds is 4. The van der Waals surface area contributed by atoms with Crippen molar-refractivity contribution in [3.63, 3.8) is 0 Å². The molecule has 0 fully saturated rings. The Bertz CT molecular complexity index is 1560. The quantitative estimate of drug-likeness (QED) is 0.304. The number of ether oxygens (including phenoxy) is 2. The van der Waals surface area contributed by atoms with Crippen molar-refractivity contribution < 1.29 is 28.2 Å². The predicted molar refractivity (Wildman–Crippen MR) is 135 cm³/mol. The normalized spacial score (nSPS) is 13.2. The highest BCUT2D eigenvalue weighted by molar-refractivity contribution is 6.36. The lowest BCUT2D eigenvalue weighted by atomic mass is 10.1. The van der Waals surface area contributed by atoms with Crippen LogP contribution in [0.3, 0.4) is 0 Å². The van der Waals surface area contributed by atoms with Crippen molar-refractivity contribution in [2.45, 2.75) is 26.4 Å². The molecule has 5 rings (SSSR count). The Morgan fingerprint density at radius 1 is 1.05 bits per heavy atom. The van der Waals surface area contributed by atoms with Gasteiger partial charge in [0.1, 0.15) is 17.2 Å². The third kappa shape index (κ3) is 4.47. The average Bonchev–Trinajstić information content (AvgIpc) is 3.35. The van der Waals surface area contributed by atoms with Crippen LogP contribution in [-0.4, -0.2) is 33.7 Å². The van der Waals surface area contributed by atoms with Gasteiger partial charge in [-0.1, -0.05) is 23.7 Å². The van der Waals surface area contributed by atoms with Crippen LogP contribution in [0.5, 0.6) is 11.5 Å². The van der Waals surface area contributed by atoms with Gasteiger partial charge in [-0.3, -0.25) is 20.0 Å². The molecule has 4 aromatic rings. The van der Waals surface area contributed by atoms with E-state index in [1.54, 1.807) is 51.1 Å². The maximum absolute atomic E-state index is 14.0. The van der Waals surface area contributed by atoms with Crippen LogP contribution in [0.4, 0.5) is 20.7 Å². The van der Waals surface area contributed by atoms with E-state index >= 15 is 0 Å². The molecule has 11 heteroatoms. The van der Waals surface area contributed by atoms with Crippen LogP contribution in [0.2, 0.25) is 5.02 Å². The van der Waals surface area contributed by atoms with E-state index < -0.39 is 29.3 Å². The van der Waals surface area contributed by atoms with E-state index in [2.05, 4.69) is 15.5 Å². The molecule has 0 radical (unpaired) electrons.